The number of amides is 1. The summed E-state index contributed by atoms with van der Waals surface area (Å²) in [5.41, 5.74) is 4.60. The highest BCUT2D eigenvalue weighted by Crippen LogP contribution is 2.32. The second kappa shape index (κ2) is 6.59. The minimum absolute atomic E-state index is 0.151. The number of carbonyl (C=O) groups excluding carboxylic acids is 1. The lowest BCUT2D eigenvalue weighted by atomic mass is 10.0. The van der Waals surface area contributed by atoms with Crippen LogP contribution in [-0.4, -0.2) is 24.1 Å². The molecule has 2 aromatic carbocycles. The van der Waals surface area contributed by atoms with Crippen molar-refractivity contribution in [1.82, 2.24) is 5.32 Å². The molecule has 25 heavy (non-hydrogen) atoms. The monoisotopic (exact) mass is 339 g/mol. The van der Waals surface area contributed by atoms with Crippen LogP contribution >= 0.6 is 0 Å². The lowest BCUT2D eigenvalue weighted by Gasteiger charge is -2.17. The number of carboxylic acid groups (broad SMARTS) is 1. The molecular formula is C20H21NO4. The summed E-state index contributed by atoms with van der Waals surface area (Å²) in [6.45, 7) is 3.78. The summed E-state index contributed by atoms with van der Waals surface area (Å²) in [5.74, 6) is -0.352. The molecule has 3 rings (SSSR count). The third-order valence-corrected chi connectivity index (χ3v) is 4.76. The zero-order chi connectivity index (χ0) is 18.1. The summed E-state index contributed by atoms with van der Waals surface area (Å²) >= 11 is 0. The molecule has 0 saturated carbocycles. The number of nitrogens with one attached hydrogen (secondary N) is 1. The Hall–Kier alpha value is -2.82. The van der Waals surface area contributed by atoms with E-state index in [0.29, 0.717) is 5.56 Å². The van der Waals surface area contributed by atoms with Crippen molar-refractivity contribution in [2.24, 2.45) is 0 Å². The number of benzene rings is 2. The van der Waals surface area contributed by atoms with Gasteiger partial charge in [-0.25, -0.2) is 4.79 Å². The first-order valence-corrected chi connectivity index (χ1v) is 8.23. The van der Waals surface area contributed by atoms with E-state index in [1.807, 2.05) is 32.0 Å². The van der Waals surface area contributed by atoms with Crippen molar-refractivity contribution >= 4 is 11.9 Å². The number of ether oxygens (including phenoxy) is 1. The van der Waals surface area contributed by atoms with E-state index < -0.39 is 5.97 Å². The van der Waals surface area contributed by atoms with Crippen LogP contribution in [0.2, 0.25) is 0 Å². The summed E-state index contributed by atoms with van der Waals surface area (Å²) in [5, 5.41) is 12.2. The highest BCUT2D eigenvalue weighted by Gasteiger charge is 2.26. The number of aryl methyl sites for hydroxylation is 3. The van der Waals surface area contributed by atoms with Crippen LogP contribution in [0.4, 0.5) is 0 Å². The van der Waals surface area contributed by atoms with Crippen molar-refractivity contribution in [2.75, 3.05) is 7.11 Å². The zero-order valence-corrected chi connectivity index (χ0v) is 14.6. The lowest BCUT2D eigenvalue weighted by molar-refractivity contribution is 0.0696. The number of hydrogen-bond donors (Lipinski definition) is 2. The van der Waals surface area contributed by atoms with Crippen LogP contribution in [0, 0.1) is 13.8 Å². The number of hydrogen-bond acceptors (Lipinski definition) is 3. The average molecular weight is 339 g/mol. The van der Waals surface area contributed by atoms with Gasteiger partial charge in [0.1, 0.15) is 5.75 Å². The number of rotatable bonds is 4. The minimum atomic E-state index is -0.957. The SMILES string of the molecule is COc1cc(C)c(C(=O)NC2CCc3ccc(C(=O)O)cc32)cc1C. The van der Waals surface area contributed by atoms with Gasteiger partial charge in [0.2, 0.25) is 0 Å². The highest BCUT2D eigenvalue weighted by molar-refractivity contribution is 5.96. The first kappa shape index (κ1) is 17.0. The second-order valence-electron chi connectivity index (χ2n) is 6.42. The molecular weight excluding hydrogens is 318 g/mol. The molecule has 130 valence electrons. The van der Waals surface area contributed by atoms with Gasteiger partial charge >= 0.3 is 5.97 Å². The molecule has 0 heterocycles. The molecule has 0 bridgehead atoms. The molecule has 0 aliphatic heterocycles. The largest absolute Gasteiger partial charge is 0.496 e. The standard InChI is InChI=1S/C20H21NO4/c1-11-9-18(25-3)12(2)8-15(11)19(22)21-17-7-6-13-4-5-14(20(23)24)10-16(13)17/h4-5,8-10,17H,6-7H2,1-3H3,(H,21,22)(H,23,24). The number of methoxy groups -OCH3 is 1. The van der Waals surface area contributed by atoms with Crippen LogP contribution in [0.3, 0.4) is 0 Å². The smallest absolute Gasteiger partial charge is 0.335 e. The Labute approximate surface area is 146 Å². The molecule has 0 spiro atoms. The van der Waals surface area contributed by atoms with Gasteiger partial charge in [0.05, 0.1) is 18.7 Å². The number of carbonyl (C=O) groups is 2. The predicted molar refractivity (Wildman–Crippen MR) is 94.4 cm³/mol. The van der Waals surface area contributed by atoms with Crippen LogP contribution in [0.1, 0.15) is 55.4 Å². The maximum atomic E-state index is 12.7. The van der Waals surface area contributed by atoms with Crippen molar-refractivity contribution in [3.8, 4) is 5.75 Å². The van der Waals surface area contributed by atoms with Crippen molar-refractivity contribution in [3.63, 3.8) is 0 Å². The van der Waals surface area contributed by atoms with Crippen molar-refractivity contribution in [1.29, 1.82) is 0 Å². The Bertz CT molecular complexity index is 857. The van der Waals surface area contributed by atoms with Gasteiger partial charge < -0.3 is 15.2 Å². The fourth-order valence-electron chi connectivity index (χ4n) is 3.38. The molecule has 0 saturated heterocycles. The Kier molecular flexibility index (Phi) is 4.49. The Morgan fingerprint density at radius 1 is 1.16 bits per heavy atom. The maximum Gasteiger partial charge on any atom is 0.335 e. The predicted octanol–water partition coefficient (Wildman–Crippen LogP) is 3.43. The van der Waals surface area contributed by atoms with Crippen molar-refractivity contribution < 1.29 is 19.4 Å². The van der Waals surface area contributed by atoms with Crippen LogP contribution < -0.4 is 10.1 Å². The number of carboxylic acids is 1. The molecule has 1 amide bonds. The molecule has 1 aliphatic carbocycles. The molecule has 0 fully saturated rings. The first-order chi connectivity index (χ1) is 11.9. The first-order valence-electron chi connectivity index (χ1n) is 8.23. The van der Waals surface area contributed by atoms with E-state index in [0.717, 1.165) is 40.8 Å². The normalized spacial score (nSPS) is 15.6. The highest BCUT2D eigenvalue weighted by atomic mass is 16.5. The summed E-state index contributed by atoms with van der Waals surface area (Å²) in [6, 6.07) is 8.64. The molecule has 5 heteroatoms. The Morgan fingerprint density at radius 3 is 2.60 bits per heavy atom. The molecule has 0 radical (unpaired) electrons. The topological polar surface area (TPSA) is 75.6 Å². The van der Waals surface area contributed by atoms with Gasteiger partial charge in [-0.2, -0.15) is 0 Å². The van der Waals surface area contributed by atoms with Gasteiger partial charge in [-0.1, -0.05) is 6.07 Å². The van der Waals surface area contributed by atoms with E-state index in [4.69, 9.17) is 4.74 Å². The van der Waals surface area contributed by atoms with Gasteiger partial charge in [0, 0.05) is 5.56 Å². The molecule has 1 atom stereocenters. The van der Waals surface area contributed by atoms with Gasteiger partial charge in [0.15, 0.2) is 0 Å². The fourth-order valence-corrected chi connectivity index (χ4v) is 3.38. The van der Waals surface area contributed by atoms with Gasteiger partial charge in [-0.05, 0) is 73.2 Å². The van der Waals surface area contributed by atoms with Crippen LogP contribution in [0.25, 0.3) is 0 Å². The molecule has 2 N–H and O–H groups in total. The lowest BCUT2D eigenvalue weighted by Crippen LogP contribution is -2.28. The quantitative estimate of drug-likeness (QED) is 0.895. The Balaban J connectivity index is 1.85. The third kappa shape index (κ3) is 3.22. The van der Waals surface area contributed by atoms with Crippen LogP contribution in [-0.2, 0) is 6.42 Å². The summed E-state index contributed by atoms with van der Waals surface area (Å²) in [4.78, 5) is 23.9. The fraction of sp³-hybridized carbons (Fsp3) is 0.300. The van der Waals surface area contributed by atoms with Crippen LogP contribution in [0.15, 0.2) is 30.3 Å². The average Bonchev–Trinajstić information content (AvgIpc) is 2.98. The minimum Gasteiger partial charge on any atom is -0.496 e. The van der Waals surface area contributed by atoms with Gasteiger partial charge in [-0.3, -0.25) is 4.79 Å². The van der Waals surface area contributed by atoms with E-state index in [1.54, 1.807) is 19.2 Å². The number of fused-ring (bicyclic) bond motifs is 1. The Morgan fingerprint density at radius 2 is 1.92 bits per heavy atom. The van der Waals surface area contributed by atoms with Crippen molar-refractivity contribution in [3.05, 3.63) is 63.7 Å². The van der Waals surface area contributed by atoms with Crippen LogP contribution in [0.5, 0.6) is 5.75 Å². The molecule has 0 aromatic heterocycles. The maximum absolute atomic E-state index is 12.7. The van der Waals surface area contributed by atoms with E-state index in [9.17, 15) is 14.7 Å². The number of aromatic carboxylic acids is 1. The third-order valence-electron chi connectivity index (χ3n) is 4.76. The zero-order valence-electron chi connectivity index (χ0n) is 14.6. The second-order valence-corrected chi connectivity index (χ2v) is 6.42. The van der Waals surface area contributed by atoms with E-state index in [-0.39, 0.29) is 17.5 Å². The van der Waals surface area contributed by atoms with E-state index >= 15 is 0 Å². The van der Waals surface area contributed by atoms with Crippen molar-refractivity contribution in [2.45, 2.75) is 32.7 Å². The summed E-state index contributed by atoms with van der Waals surface area (Å²) in [6.07, 6.45) is 1.61. The molecule has 5 nitrogen and oxygen atoms in total. The summed E-state index contributed by atoms with van der Waals surface area (Å²) < 4.78 is 5.29. The molecule has 1 unspecified atom stereocenters. The van der Waals surface area contributed by atoms with Gasteiger partial charge in [-0.15, -0.1) is 0 Å². The van der Waals surface area contributed by atoms with E-state index in [1.165, 1.54) is 0 Å². The molecule has 1 aliphatic rings. The summed E-state index contributed by atoms with van der Waals surface area (Å²) in [7, 11) is 1.61. The molecule has 2 aromatic rings. The van der Waals surface area contributed by atoms with Gasteiger partial charge in [0.25, 0.3) is 5.91 Å². The van der Waals surface area contributed by atoms with E-state index in [2.05, 4.69) is 5.32 Å².